The molecule has 1 aromatic heterocycles. The molecule has 0 N–H and O–H groups in total. The van der Waals surface area contributed by atoms with Gasteiger partial charge in [-0.25, -0.2) is 0 Å². The largest absolute Gasteiger partial charge is 0.497 e. The van der Waals surface area contributed by atoms with Crippen LogP contribution < -0.4 is 9.64 Å². The fourth-order valence-corrected chi connectivity index (χ4v) is 4.00. The first-order valence-corrected chi connectivity index (χ1v) is 10.1. The zero-order chi connectivity index (χ0) is 19.5. The fourth-order valence-electron chi connectivity index (χ4n) is 3.38. The predicted octanol–water partition coefficient (Wildman–Crippen LogP) is 4.21. The molecule has 1 amide bonds. The highest BCUT2D eigenvalue weighted by Gasteiger charge is 2.28. The van der Waals surface area contributed by atoms with Crippen molar-refractivity contribution in [2.45, 2.75) is 31.0 Å². The summed E-state index contributed by atoms with van der Waals surface area (Å²) in [6.45, 7) is 2.09. The molecule has 6 nitrogen and oxygen atoms in total. The Kier molecular flexibility index (Phi) is 5.34. The number of thioether (sulfide) groups is 1. The van der Waals surface area contributed by atoms with Gasteiger partial charge in [0.1, 0.15) is 5.75 Å². The van der Waals surface area contributed by atoms with Crippen LogP contribution in [-0.4, -0.2) is 35.0 Å². The molecule has 0 fully saturated rings. The molecule has 0 saturated carbocycles. The highest BCUT2D eigenvalue weighted by atomic mass is 32.2. The lowest BCUT2D eigenvalue weighted by Crippen LogP contribution is -2.43. The van der Waals surface area contributed by atoms with Crippen LogP contribution in [0.1, 0.15) is 18.9 Å². The van der Waals surface area contributed by atoms with E-state index in [0.717, 1.165) is 29.8 Å². The second-order valence-corrected chi connectivity index (χ2v) is 7.60. The van der Waals surface area contributed by atoms with Crippen molar-refractivity contribution < 1.29 is 13.9 Å². The van der Waals surface area contributed by atoms with Crippen molar-refractivity contribution in [3.8, 4) is 17.2 Å². The molecule has 0 aliphatic carbocycles. The minimum atomic E-state index is 0.0499. The molecule has 0 saturated heterocycles. The number of aromatic nitrogens is 2. The number of carbonyl (C=O) groups excluding carboxylic acids is 1. The standard InChI is InChI=1S/C21H21N3O3S/c1-14-7-8-15-5-3-4-6-18(15)24(14)19(25)13-28-21-23-22-20(27-21)16-9-11-17(26-2)12-10-16/h3-6,9-12,14H,7-8,13H2,1-2H3/t14-/m0/s1. The molecule has 4 rings (SSSR count). The maximum atomic E-state index is 12.9. The summed E-state index contributed by atoms with van der Waals surface area (Å²) in [5.41, 5.74) is 3.04. The topological polar surface area (TPSA) is 68.5 Å². The highest BCUT2D eigenvalue weighted by molar-refractivity contribution is 7.99. The molecule has 1 aliphatic rings. The number of amides is 1. The van der Waals surface area contributed by atoms with Gasteiger partial charge in [0, 0.05) is 17.3 Å². The van der Waals surface area contributed by atoms with Crippen molar-refractivity contribution in [1.82, 2.24) is 10.2 Å². The molecule has 7 heteroatoms. The van der Waals surface area contributed by atoms with Crippen molar-refractivity contribution in [2.75, 3.05) is 17.8 Å². The Hall–Kier alpha value is -2.80. The maximum absolute atomic E-state index is 12.9. The number of rotatable bonds is 5. The minimum absolute atomic E-state index is 0.0499. The van der Waals surface area contributed by atoms with Crippen LogP contribution in [0.25, 0.3) is 11.5 Å². The molecule has 0 unspecified atom stereocenters. The van der Waals surface area contributed by atoms with E-state index in [2.05, 4.69) is 23.2 Å². The summed E-state index contributed by atoms with van der Waals surface area (Å²) in [4.78, 5) is 14.8. The first-order chi connectivity index (χ1) is 13.7. The monoisotopic (exact) mass is 395 g/mol. The number of methoxy groups -OCH3 is 1. The third kappa shape index (κ3) is 3.75. The van der Waals surface area contributed by atoms with E-state index in [9.17, 15) is 4.79 Å². The Bertz CT molecular complexity index is 971. The Morgan fingerprint density at radius 1 is 1.21 bits per heavy atom. The number of anilines is 1. The summed E-state index contributed by atoms with van der Waals surface area (Å²) in [6, 6.07) is 15.7. The Morgan fingerprint density at radius 2 is 2.00 bits per heavy atom. The quantitative estimate of drug-likeness (QED) is 0.603. The molecule has 0 radical (unpaired) electrons. The summed E-state index contributed by atoms with van der Waals surface area (Å²) in [7, 11) is 1.62. The first-order valence-electron chi connectivity index (χ1n) is 9.16. The second-order valence-electron chi connectivity index (χ2n) is 6.67. The normalized spacial score (nSPS) is 15.9. The Labute approximate surface area is 167 Å². The molecule has 0 spiro atoms. The van der Waals surface area contributed by atoms with Gasteiger partial charge >= 0.3 is 0 Å². The van der Waals surface area contributed by atoms with Crippen LogP contribution >= 0.6 is 11.8 Å². The average Bonchev–Trinajstić information content (AvgIpc) is 3.21. The van der Waals surface area contributed by atoms with Crippen molar-refractivity contribution in [3.63, 3.8) is 0 Å². The van der Waals surface area contributed by atoms with Crippen LogP contribution in [0.3, 0.4) is 0 Å². The van der Waals surface area contributed by atoms with Gasteiger partial charge in [0.05, 0.1) is 12.9 Å². The van der Waals surface area contributed by atoms with E-state index in [4.69, 9.17) is 9.15 Å². The maximum Gasteiger partial charge on any atom is 0.277 e. The van der Waals surface area contributed by atoms with Gasteiger partial charge in [0.25, 0.3) is 5.22 Å². The summed E-state index contributed by atoms with van der Waals surface area (Å²) in [5.74, 6) is 1.49. The van der Waals surface area contributed by atoms with Crippen LogP contribution in [0, 0.1) is 0 Å². The van der Waals surface area contributed by atoms with Gasteiger partial charge in [0.15, 0.2) is 0 Å². The third-order valence-corrected chi connectivity index (χ3v) is 5.66. The zero-order valence-corrected chi connectivity index (χ0v) is 16.6. The van der Waals surface area contributed by atoms with Crippen molar-refractivity contribution in [2.24, 2.45) is 0 Å². The first kappa shape index (κ1) is 18.6. The van der Waals surface area contributed by atoms with Gasteiger partial charge in [0.2, 0.25) is 11.8 Å². The lowest BCUT2D eigenvalue weighted by atomic mass is 9.97. The fraction of sp³-hybridized carbons (Fsp3) is 0.286. The smallest absolute Gasteiger partial charge is 0.277 e. The van der Waals surface area contributed by atoms with Crippen LogP contribution in [0.2, 0.25) is 0 Å². The lowest BCUT2D eigenvalue weighted by molar-refractivity contribution is -0.116. The molecule has 1 atom stereocenters. The van der Waals surface area contributed by atoms with Crippen molar-refractivity contribution >= 4 is 23.4 Å². The average molecular weight is 395 g/mol. The summed E-state index contributed by atoms with van der Waals surface area (Å²) in [6.07, 6.45) is 1.97. The van der Waals surface area contributed by atoms with Gasteiger partial charge in [-0.3, -0.25) is 4.79 Å². The number of ether oxygens (including phenoxy) is 1. The number of hydrogen-bond donors (Lipinski definition) is 0. The second kappa shape index (κ2) is 8.06. The van der Waals surface area contributed by atoms with Crippen LogP contribution in [0.5, 0.6) is 5.75 Å². The zero-order valence-electron chi connectivity index (χ0n) is 15.8. The van der Waals surface area contributed by atoms with E-state index in [-0.39, 0.29) is 17.7 Å². The molecular formula is C21H21N3O3S. The number of hydrogen-bond acceptors (Lipinski definition) is 6. The van der Waals surface area contributed by atoms with E-state index in [0.29, 0.717) is 11.1 Å². The van der Waals surface area contributed by atoms with Gasteiger partial charge in [-0.1, -0.05) is 30.0 Å². The molecule has 2 heterocycles. The number of aryl methyl sites for hydroxylation is 1. The molecule has 144 valence electrons. The van der Waals surface area contributed by atoms with Crippen LogP contribution in [0.15, 0.2) is 58.2 Å². The molecule has 0 bridgehead atoms. The van der Waals surface area contributed by atoms with E-state index in [1.807, 2.05) is 47.4 Å². The van der Waals surface area contributed by atoms with Crippen LogP contribution in [-0.2, 0) is 11.2 Å². The molecular weight excluding hydrogens is 374 g/mol. The number of carbonyl (C=O) groups is 1. The van der Waals surface area contributed by atoms with E-state index < -0.39 is 0 Å². The van der Waals surface area contributed by atoms with Gasteiger partial charge < -0.3 is 14.1 Å². The van der Waals surface area contributed by atoms with Gasteiger partial charge in [-0.2, -0.15) is 0 Å². The van der Waals surface area contributed by atoms with Crippen LogP contribution in [0.4, 0.5) is 5.69 Å². The molecule has 28 heavy (non-hydrogen) atoms. The van der Waals surface area contributed by atoms with E-state index >= 15 is 0 Å². The Morgan fingerprint density at radius 3 is 2.79 bits per heavy atom. The van der Waals surface area contributed by atoms with Gasteiger partial charge in [-0.05, 0) is 55.7 Å². The third-order valence-electron chi connectivity index (χ3n) is 4.85. The molecule has 2 aromatic carbocycles. The summed E-state index contributed by atoms with van der Waals surface area (Å²) >= 11 is 1.27. The van der Waals surface area contributed by atoms with Gasteiger partial charge in [-0.15, -0.1) is 10.2 Å². The number of fused-ring (bicyclic) bond motifs is 1. The SMILES string of the molecule is COc1ccc(-c2nnc(SCC(=O)N3c4ccccc4CC[C@@H]3C)o2)cc1. The summed E-state index contributed by atoms with van der Waals surface area (Å²) < 4.78 is 10.9. The van der Waals surface area contributed by atoms with Crippen molar-refractivity contribution in [1.29, 1.82) is 0 Å². The number of nitrogens with zero attached hydrogens (tertiary/aromatic N) is 3. The molecule has 1 aliphatic heterocycles. The summed E-state index contributed by atoms with van der Waals surface area (Å²) in [5, 5.41) is 8.53. The predicted molar refractivity (Wildman–Crippen MR) is 109 cm³/mol. The number of benzene rings is 2. The molecule has 3 aromatic rings. The van der Waals surface area contributed by atoms with E-state index in [1.54, 1.807) is 7.11 Å². The highest BCUT2D eigenvalue weighted by Crippen LogP contribution is 2.32. The Balaban J connectivity index is 1.43. The number of para-hydroxylation sites is 1. The lowest BCUT2D eigenvalue weighted by Gasteiger charge is -2.35. The minimum Gasteiger partial charge on any atom is -0.497 e. The van der Waals surface area contributed by atoms with Crippen molar-refractivity contribution in [3.05, 3.63) is 54.1 Å². The van der Waals surface area contributed by atoms with E-state index in [1.165, 1.54) is 17.3 Å².